The highest BCUT2D eigenvalue weighted by Crippen LogP contribution is 2.12. The second-order valence-corrected chi connectivity index (χ2v) is 8.10. The maximum Gasteiger partial charge on any atom is 0.407 e. The van der Waals surface area contributed by atoms with Crippen LogP contribution in [0, 0.1) is 0 Å². The van der Waals surface area contributed by atoms with E-state index in [9.17, 15) is 14.4 Å². The molecule has 0 unspecified atom stereocenters. The van der Waals surface area contributed by atoms with Gasteiger partial charge >= 0.3 is 18.2 Å². The standard InChI is InChI=1S/C20H34N2O6/c1-9-26-16(23)14(2)12-15(13-22-18(25)28-20(6,7)8)10-11-21-17(24)27-19(3,4)5/h10H,2,9,11-13H2,1,3-8H3,(H,21,24)(H,22,25)/b15-10-. The Balaban J connectivity index is 4.92. The van der Waals surface area contributed by atoms with Crippen molar-refractivity contribution in [1.29, 1.82) is 0 Å². The number of amides is 2. The Bertz CT molecular complexity index is 597. The van der Waals surface area contributed by atoms with E-state index in [0.29, 0.717) is 5.57 Å². The van der Waals surface area contributed by atoms with Gasteiger partial charge < -0.3 is 24.8 Å². The molecule has 160 valence electrons. The van der Waals surface area contributed by atoms with Crippen molar-refractivity contribution in [1.82, 2.24) is 10.6 Å². The first-order valence-corrected chi connectivity index (χ1v) is 9.20. The van der Waals surface area contributed by atoms with Crippen LogP contribution in [-0.2, 0) is 19.0 Å². The number of hydrogen-bond acceptors (Lipinski definition) is 6. The molecule has 0 aliphatic heterocycles. The van der Waals surface area contributed by atoms with Crippen molar-refractivity contribution >= 4 is 18.2 Å². The summed E-state index contributed by atoms with van der Waals surface area (Å²) in [5, 5.41) is 5.22. The zero-order valence-electron chi connectivity index (χ0n) is 18.1. The average molecular weight is 399 g/mol. The summed E-state index contributed by atoms with van der Waals surface area (Å²) in [6.07, 6.45) is 0.726. The van der Waals surface area contributed by atoms with Crippen LogP contribution in [0.4, 0.5) is 9.59 Å². The minimum atomic E-state index is -0.624. The number of rotatable bonds is 8. The van der Waals surface area contributed by atoms with Crippen molar-refractivity contribution in [2.45, 2.75) is 66.1 Å². The minimum absolute atomic E-state index is 0.128. The van der Waals surface area contributed by atoms with Gasteiger partial charge in [-0.05, 0) is 54.0 Å². The quantitative estimate of drug-likeness (QED) is 0.281. The molecule has 8 nitrogen and oxygen atoms in total. The number of hydrogen-bond donors (Lipinski definition) is 2. The fraction of sp³-hybridized carbons (Fsp3) is 0.650. The van der Waals surface area contributed by atoms with Gasteiger partial charge in [0, 0.05) is 25.1 Å². The van der Waals surface area contributed by atoms with Gasteiger partial charge in [-0.1, -0.05) is 12.7 Å². The second-order valence-electron chi connectivity index (χ2n) is 8.10. The molecule has 0 aliphatic rings. The van der Waals surface area contributed by atoms with E-state index in [1.165, 1.54) is 0 Å². The highest BCUT2D eigenvalue weighted by Gasteiger charge is 2.18. The van der Waals surface area contributed by atoms with Crippen LogP contribution in [0.3, 0.4) is 0 Å². The monoisotopic (exact) mass is 398 g/mol. The van der Waals surface area contributed by atoms with E-state index in [-0.39, 0.29) is 31.7 Å². The molecule has 0 saturated heterocycles. The predicted octanol–water partition coefficient (Wildman–Crippen LogP) is 3.47. The van der Waals surface area contributed by atoms with Gasteiger partial charge in [0.15, 0.2) is 0 Å². The summed E-state index contributed by atoms with van der Waals surface area (Å²) in [6.45, 7) is 16.5. The van der Waals surface area contributed by atoms with Crippen LogP contribution in [0.1, 0.15) is 54.9 Å². The molecule has 8 heteroatoms. The third-order valence-electron chi connectivity index (χ3n) is 2.90. The molecule has 0 aliphatic carbocycles. The molecule has 0 spiro atoms. The van der Waals surface area contributed by atoms with E-state index in [1.54, 1.807) is 54.5 Å². The number of esters is 1. The number of nitrogens with one attached hydrogen (secondary N) is 2. The molecule has 0 radical (unpaired) electrons. The van der Waals surface area contributed by atoms with Crippen LogP contribution < -0.4 is 10.6 Å². The van der Waals surface area contributed by atoms with Gasteiger partial charge in [-0.3, -0.25) is 0 Å². The molecule has 0 aromatic heterocycles. The van der Waals surface area contributed by atoms with E-state index in [0.717, 1.165) is 0 Å². The maximum atomic E-state index is 11.9. The highest BCUT2D eigenvalue weighted by molar-refractivity contribution is 5.88. The molecule has 0 heterocycles. The van der Waals surface area contributed by atoms with Gasteiger partial charge in [0.2, 0.25) is 0 Å². The van der Waals surface area contributed by atoms with Crippen molar-refractivity contribution in [3.63, 3.8) is 0 Å². The summed E-state index contributed by atoms with van der Waals surface area (Å²) in [5.74, 6) is -0.509. The minimum Gasteiger partial charge on any atom is -0.463 e. The SMILES string of the molecule is C=C(C/C(=C/CNC(=O)OC(C)(C)C)CNC(=O)OC(C)(C)C)C(=O)OCC. The first kappa shape index (κ1) is 25.5. The van der Waals surface area contributed by atoms with E-state index < -0.39 is 29.4 Å². The predicted molar refractivity (Wildman–Crippen MR) is 107 cm³/mol. The summed E-state index contributed by atoms with van der Waals surface area (Å²) in [4.78, 5) is 35.4. The Morgan fingerprint density at radius 1 is 0.929 bits per heavy atom. The van der Waals surface area contributed by atoms with Gasteiger partial charge in [-0.15, -0.1) is 0 Å². The van der Waals surface area contributed by atoms with Crippen LogP contribution in [0.25, 0.3) is 0 Å². The van der Waals surface area contributed by atoms with Gasteiger partial charge in [0.1, 0.15) is 11.2 Å². The van der Waals surface area contributed by atoms with Gasteiger partial charge in [-0.2, -0.15) is 0 Å². The van der Waals surface area contributed by atoms with Crippen molar-refractivity contribution in [2.75, 3.05) is 19.7 Å². The topological polar surface area (TPSA) is 103 Å². The van der Waals surface area contributed by atoms with E-state index in [4.69, 9.17) is 14.2 Å². The highest BCUT2D eigenvalue weighted by atomic mass is 16.6. The number of carbonyl (C=O) groups excluding carboxylic acids is 3. The fourth-order valence-electron chi connectivity index (χ4n) is 1.88. The average Bonchev–Trinajstić information content (AvgIpc) is 2.49. The van der Waals surface area contributed by atoms with Crippen LogP contribution in [0.5, 0.6) is 0 Å². The molecule has 0 fully saturated rings. The van der Waals surface area contributed by atoms with E-state index in [2.05, 4.69) is 17.2 Å². The normalized spacial score (nSPS) is 12.0. The first-order chi connectivity index (χ1) is 12.7. The van der Waals surface area contributed by atoms with E-state index >= 15 is 0 Å². The number of alkyl carbamates (subject to hydrolysis) is 2. The summed E-state index contributed by atoms with van der Waals surface area (Å²) < 4.78 is 15.3. The van der Waals surface area contributed by atoms with Gasteiger partial charge in [-0.25, -0.2) is 14.4 Å². The molecule has 2 amide bonds. The Morgan fingerprint density at radius 3 is 1.89 bits per heavy atom. The van der Waals surface area contributed by atoms with Gasteiger partial charge in [0.25, 0.3) is 0 Å². The van der Waals surface area contributed by atoms with Crippen LogP contribution >= 0.6 is 0 Å². The summed E-state index contributed by atoms with van der Waals surface area (Å²) >= 11 is 0. The Morgan fingerprint density at radius 2 is 1.43 bits per heavy atom. The third-order valence-corrected chi connectivity index (χ3v) is 2.90. The lowest BCUT2D eigenvalue weighted by Crippen LogP contribution is -2.34. The smallest absolute Gasteiger partial charge is 0.407 e. The van der Waals surface area contributed by atoms with Crippen LogP contribution in [-0.4, -0.2) is 49.1 Å². The second kappa shape index (κ2) is 11.4. The molecule has 0 aromatic rings. The van der Waals surface area contributed by atoms with Crippen LogP contribution in [0.15, 0.2) is 23.8 Å². The van der Waals surface area contributed by atoms with Crippen molar-refractivity contribution in [3.05, 3.63) is 23.8 Å². The lowest BCUT2D eigenvalue weighted by molar-refractivity contribution is -0.138. The molecule has 28 heavy (non-hydrogen) atoms. The Hall–Kier alpha value is -2.51. The van der Waals surface area contributed by atoms with E-state index in [1.807, 2.05) is 0 Å². The molecular formula is C20H34N2O6. The maximum absolute atomic E-state index is 11.9. The molecule has 0 bridgehead atoms. The Labute approximate surface area is 167 Å². The zero-order valence-corrected chi connectivity index (χ0v) is 18.1. The summed E-state index contributed by atoms with van der Waals surface area (Å²) in [6, 6.07) is 0. The fourth-order valence-corrected chi connectivity index (χ4v) is 1.88. The molecular weight excluding hydrogens is 364 g/mol. The molecule has 0 saturated carbocycles. The summed E-state index contributed by atoms with van der Waals surface area (Å²) in [7, 11) is 0. The first-order valence-electron chi connectivity index (χ1n) is 9.20. The van der Waals surface area contributed by atoms with Crippen molar-refractivity contribution < 1.29 is 28.6 Å². The van der Waals surface area contributed by atoms with Gasteiger partial charge in [0.05, 0.1) is 6.61 Å². The summed E-state index contributed by atoms with van der Waals surface area (Å²) in [5.41, 5.74) is -0.315. The van der Waals surface area contributed by atoms with Crippen molar-refractivity contribution in [2.24, 2.45) is 0 Å². The molecule has 0 aromatic carbocycles. The van der Waals surface area contributed by atoms with Crippen molar-refractivity contribution in [3.8, 4) is 0 Å². The largest absolute Gasteiger partial charge is 0.463 e. The lowest BCUT2D eigenvalue weighted by Gasteiger charge is -2.20. The number of ether oxygens (including phenoxy) is 3. The Kier molecular flexibility index (Phi) is 10.3. The van der Waals surface area contributed by atoms with Crippen LogP contribution in [0.2, 0.25) is 0 Å². The molecule has 0 atom stereocenters. The third kappa shape index (κ3) is 13.7. The zero-order chi connectivity index (χ0) is 22.0. The molecule has 2 N–H and O–H groups in total. The number of carbonyl (C=O) groups is 3. The lowest BCUT2D eigenvalue weighted by atomic mass is 10.1. The molecule has 0 rings (SSSR count).